The van der Waals surface area contributed by atoms with Crippen LogP contribution in [0.2, 0.25) is 0 Å². The van der Waals surface area contributed by atoms with Gasteiger partial charge in [0, 0.05) is 18.2 Å². The van der Waals surface area contributed by atoms with Crippen molar-refractivity contribution in [3.63, 3.8) is 0 Å². The Labute approximate surface area is 153 Å². The number of phenols is 2. The van der Waals surface area contributed by atoms with E-state index in [0.717, 1.165) is 0 Å². The Hall–Kier alpha value is -4.14. The second-order valence-electron chi connectivity index (χ2n) is 5.36. The second kappa shape index (κ2) is 7.83. The molecule has 0 saturated heterocycles. The van der Waals surface area contributed by atoms with Crippen molar-refractivity contribution in [3.8, 4) is 11.5 Å². The van der Waals surface area contributed by atoms with Crippen molar-refractivity contribution in [1.82, 2.24) is 0 Å². The van der Waals surface area contributed by atoms with Gasteiger partial charge in [-0.3, -0.25) is 10.1 Å². The van der Waals surface area contributed by atoms with E-state index in [0.29, 0.717) is 17.1 Å². The fraction of sp³-hybridized carbons (Fsp3) is 0. The van der Waals surface area contributed by atoms with Crippen molar-refractivity contribution < 1.29 is 15.1 Å². The molecule has 0 aromatic heterocycles. The van der Waals surface area contributed by atoms with Gasteiger partial charge >= 0.3 is 0 Å². The average Bonchev–Trinajstić information content (AvgIpc) is 2.67. The molecule has 3 aromatic carbocycles. The first kappa shape index (κ1) is 17.7. The first-order chi connectivity index (χ1) is 13.0. The summed E-state index contributed by atoms with van der Waals surface area (Å²) < 4.78 is 0. The minimum Gasteiger partial charge on any atom is -0.508 e. The van der Waals surface area contributed by atoms with Gasteiger partial charge in [-0.2, -0.15) is 15.3 Å². The van der Waals surface area contributed by atoms with Gasteiger partial charge in [-0.05, 0) is 48.5 Å². The highest BCUT2D eigenvalue weighted by Crippen LogP contribution is 2.33. The lowest BCUT2D eigenvalue weighted by Gasteiger charge is -1.99. The van der Waals surface area contributed by atoms with Crippen molar-refractivity contribution in [3.05, 3.63) is 76.8 Å². The minimum absolute atomic E-state index is 0.0325. The van der Waals surface area contributed by atoms with Crippen molar-refractivity contribution in [2.45, 2.75) is 0 Å². The molecule has 0 aliphatic heterocycles. The molecule has 0 aliphatic rings. The van der Waals surface area contributed by atoms with E-state index < -0.39 is 4.92 Å². The number of hydrogen-bond donors (Lipinski definition) is 2. The van der Waals surface area contributed by atoms with E-state index in [2.05, 4.69) is 20.5 Å². The lowest BCUT2D eigenvalue weighted by atomic mass is 10.2. The molecule has 0 unspecified atom stereocenters. The molecule has 0 amide bonds. The summed E-state index contributed by atoms with van der Waals surface area (Å²) in [7, 11) is 0. The fourth-order valence-electron chi connectivity index (χ4n) is 2.05. The summed E-state index contributed by atoms with van der Waals surface area (Å²) >= 11 is 0. The zero-order chi connectivity index (χ0) is 19.2. The number of hydrogen-bond acceptors (Lipinski definition) is 8. The van der Waals surface area contributed by atoms with E-state index in [-0.39, 0.29) is 22.9 Å². The predicted molar refractivity (Wildman–Crippen MR) is 97.7 cm³/mol. The molecular formula is C18H13N5O4. The van der Waals surface area contributed by atoms with Gasteiger partial charge in [0.1, 0.15) is 17.2 Å². The number of aromatic hydroxyl groups is 2. The topological polar surface area (TPSA) is 133 Å². The Kier molecular flexibility index (Phi) is 5.12. The Morgan fingerprint density at radius 2 is 1.22 bits per heavy atom. The van der Waals surface area contributed by atoms with Gasteiger partial charge in [-0.1, -0.05) is 0 Å². The van der Waals surface area contributed by atoms with Crippen LogP contribution in [0.3, 0.4) is 0 Å². The van der Waals surface area contributed by atoms with Crippen molar-refractivity contribution >= 4 is 28.4 Å². The Balaban J connectivity index is 1.72. The zero-order valence-corrected chi connectivity index (χ0v) is 13.8. The number of azo groups is 2. The summed E-state index contributed by atoms with van der Waals surface area (Å²) in [6.07, 6.45) is 0. The molecule has 0 atom stereocenters. The van der Waals surface area contributed by atoms with Crippen LogP contribution in [0.5, 0.6) is 11.5 Å². The van der Waals surface area contributed by atoms with Crippen molar-refractivity contribution in [2.24, 2.45) is 20.5 Å². The number of rotatable bonds is 5. The molecule has 134 valence electrons. The molecule has 9 nitrogen and oxygen atoms in total. The quantitative estimate of drug-likeness (QED) is 0.335. The number of nitro benzene ring substituents is 1. The summed E-state index contributed by atoms with van der Waals surface area (Å²) in [5.41, 5.74) is 1.56. The van der Waals surface area contributed by atoms with Gasteiger partial charge < -0.3 is 10.2 Å². The van der Waals surface area contributed by atoms with Gasteiger partial charge in [0.2, 0.25) is 0 Å². The van der Waals surface area contributed by atoms with Crippen molar-refractivity contribution in [1.29, 1.82) is 0 Å². The maximum Gasteiger partial charge on any atom is 0.269 e. The summed E-state index contributed by atoms with van der Waals surface area (Å²) in [6.45, 7) is 0. The summed E-state index contributed by atoms with van der Waals surface area (Å²) in [5.74, 6) is -0.00258. The Bertz CT molecular complexity index is 1010. The molecule has 0 fully saturated rings. The van der Waals surface area contributed by atoms with E-state index in [4.69, 9.17) is 0 Å². The predicted octanol–water partition coefficient (Wildman–Crippen LogP) is 5.84. The number of phenolic OH excluding ortho intramolecular Hbond substituents is 2. The molecule has 9 heteroatoms. The maximum absolute atomic E-state index is 10.6. The number of nitro groups is 1. The van der Waals surface area contributed by atoms with Crippen LogP contribution >= 0.6 is 0 Å². The van der Waals surface area contributed by atoms with E-state index in [1.807, 2.05) is 0 Å². The van der Waals surface area contributed by atoms with E-state index >= 15 is 0 Å². The van der Waals surface area contributed by atoms with Crippen LogP contribution in [-0.2, 0) is 0 Å². The van der Waals surface area contributed by atoms with Crippen LogP contribution in [0, 0.1) is 10.1 Å². The third-order valence-corrected chi connectivity index (χ3v) is 3.42. The highest BCUT2D eigenvalue weighted by Gasteiger charge is 2.04. The van der Waals surface area contributed by atoms with E-state index in [1.54, 1.807) is 18.2 Å². The molecule has 0 heterocycles. The molecule has 0 aliphatic carbocycles. The normalized spacial score (nSPS) is 11.3. The summed E-state index contributed by atoms with van der Waals surface area (Å²) in [6, 6.07) is 16.3. The van der Waals surface area contributed by atoms with Crippen LogP contribution in [-0.4, -0.2) is 15.1 Å². The Morgan fingerprint density at radius 1 is 0.704 bits per heavy atom. The second-order valence-corrected chi connectivity index (χ2v) is 5.36. The van der Waals surface area contributed by atoms with Crippen LogP contribution < -0.4 is 0 Å². The Morgan fingerprint density at radius 3 is 1.81 bits per heavy atom. The molecule has 2 N–H and O–H groups in total. The van der Waals surface area contributed by atoms with Crippen LogP contribution in [0.1, 0.15) is 0 Å². The van der Waals surface area contributed by atoms with Gasteiger partial charge in [-0.25, -0.2) is 0 Å². The lowest BCUT2D eigenvalue weighted by Crippen LogP contribution is -1.85. The van der Waals surface area contributed by atoms with Gasteiger partial charge in [0.05, 0.1) is 22.0 Å². The molecule has 27 heavy (non-hydrogen) atoms. The highest BCUT2D eigenvalue weighted by molar-refractivity contribution is 5.58. The maximum atomic E-state index is 10.6. The summed E-state index contributed by atoms with van der Waals surface area (Å²) in [5, 5.41) is 45.7. The third-order valence-electron chi connectivity index (χ3n) is 3.42. The molecule has 0 spiro atoms. The molecule has 3 rings (SSSR count). The van der Waals surface area contributed by atoms with Crippen LogP contribution in [0.15, 0.2) is 87.2 Å². The first-order valence-corrected chi connectivity index (χ1v) is 7.71. The number of benzene rings is 3. The minimum atomic E-state index is -0.496. The van der Waals surface area contributed by atoms with Crippen LogP contribution in [0.4, 0.5) is 28.4 Å². The van der Waals surface area contributed by atoms with E-state index in [1.165, 1.54) is 48.5 Å². The molecular weight excluding hydrogens is 350 g/mol. The average molecular weight is 363 g/mol. The van der Waals surface area contributed by atoms with Crippen LogP contribution in [0.25, 0.3) is 0 Å². The summed E-state index contributed by atoms with van der Waals surface area (Å²) in [4.78, 5) is 10.1. The zero-order valence-electron chi connectivity index (χ0n) is 13.8. The van der Waals surface area contributed by atoms with Gasteiger partial charge in [-0.15, -0.1) is 5.11 Å². The lowest BCUT2D eigenvalue weighted by molar-refractivity contribution is -0.384. The molecule has 0 radical (unpaired) electrons. The van der Waals surface area contributed by atoms with Gasteiger partial charge in [0.15, 0.2) is 0 Å². The SMILES string of the molecule is O=[N+]([O-])c1ccc(/N=N/c2ccc(/N=N/c3ccc(O)cc3)c(O)c2)cc1. The van der Waals surface area contributed by atoms with E-state index in [9.17, 15) is 20.3 Å². The molecule has 3 aromatic rings. The largest absolute Gasteiger partial charge is 0.508 e. The molecule has 0 bridgehead atoms. The standard InChI is InChI=1S/C18H13N5O4/c24-16-8-3-13(4-9-16)20-22-17-10-5-14(11-18(17)25)21-19-12-1-6-15(7-2-12)23(26)27/h1-11,24-25H/b21-19+,22-20+. The third kappa shape index (κ3) is 4.69. The first-order valence-electron chi connectivity index (χ1n) is 7.71. The molecule has 0 saturated carbocycles. The number of nitrogens with zero attached hydrogens (tertiary/aromatic N) is 5. The smallest absolute Gasteiger partial charge is 0.269 e. The van der Waals surface area contributed by atoms with Crippen molar-refractivity contribution in [2.75, 3.05) is 0 Å². The number of non-ortho nitro benzene ring substituents is 1. The van der Waals surface area contributed by atoms with Gasteiger partial charge in [0.25, 0.3) is 5.69 Å². The fourth-order valence-corrected chi connectivity index (χ4v) is 2.05. The highest BCUT2D eigenvalue weighted by atomic mass is 16.6. The monoisotopic (exact) mass is 363 g/mol.